The van der Waals surface area contributed by atoms with E-state index in [0.29, 0.717) is 25.6 Å². The molecule has 0 unspecified atom stereocenters. The van der Waals surface area contributed by atoms with Crippen molar-refractivity contribution < 1.29 is 9.59 Å². The first-order valence-electron chi connectivity index (χ1n) is 9.80. The molecule has 1 aromatic heterocycles. The van der Waals surface area contributed by atoms with Crippen LogP contribution in [0.3, 0.4) is 0 Å². The molecule has 2 aliphatic rings. The number of carbonyl (C=O) groups is 2. The molecule has 1 saturated heterocycles. The highest BCUT2D eigenvalue weighted by Crippen LogP contribution is 2.24. The Morgan fingerprint density at radius 2 is 2.08 bits per heavy atom. The molecule has 1 aromatic rings. The van der Waals surface area contributed by atoms with E-state index in [4.69, 9.17) is 0 Å². The van der Waals surface area contributed by atoms with Gasteiger partial charge in [0.15, 0.2) is 0 Å². The maximum atomic E-state index is 12.5. The predicted octanol–water partition coefficient (Wildman–Crippen LogP) is 2.51. The molecule has 26 heavy (non-hydrogen) atoms. The first-order chi connectivity index (χ1) is 12.5. The minimum absolute atomic E-state index is 0.0254. The SMILES string of the molecule is Cc1cccnc1C[C@@H](C)NC(=O)N1CCN(C2CCCCC2)C(=O)C1. The number of carbonyl (C=O) groups excluding carboxylic acids is 2. The highest BCUT2D eigenvalue weighted by molar-refractivity contribution is 5.85. The topological polar surface area (TPSA) is 65.5 Å². The van der Waals surface area contributed by atoms with E-state index in [1.54, 1.807) is 11.1 Å². The molecule has 0 spiro atoms. The molecular formula is C20H30N4O2. The van der Waals surface area contributed by atoms with Crippen LogP contribution in [0, 0.1) is 6.92 Å². The van der Waals surface area contributed by atoms with Gasteiger partial charge in [0, 0.05) is 43.5 Å². The normalized spacial score (nSPS) is 20.2. The minimum atomic E-state index is -0.150. The molecule has 1 aliphatic heterocycles. The first-order valence-corrected chi connectivity index (χ1v) is 9.80. The molecule has 0 bridgehead atoms. The third-order valence-electron chi connectivity index (χ3n) is 5.55. The number of aromatic nitrogens is 1. The van der Waals surface area contributed by atoms with Gasteiger partial charge in [0.1, 0.15) is 6.54 Å². The molecule has 1 aliphatic carbocycles. The van der Waals surface area contributed by atoms with Gasteiger partial charge in [-0.1, -0.05) is 25.3 Å². The van der Waals surface area contributed by atoms with Gasteiger partial charge in [-0.05, 0) is 38.3 Å². The van der Waals surface area contributed by atoms with Gasteiger partial charge >= 0.3 is 6.03 Å². The Balaban J connectivity index is 1.49. The van der Waals surface area contributed by atoms with Crippen LogP contribution in [0.25, 0.3) is 0 Å². The van der Waals surface area contributed by atoms with Crippen LogP contribution in [-0.2, 0) is 11.2 Å². The molecule has 1 atom stereocenters. The molecule has 2 fully saturated rings. The van der Waals surface area contributed by atoms with Gasteiger partial charge in [0.2, 0.25) is 5.91 Å². The summed E-state index contributed by atoms with van der Waals surface area (Å²) in [4.78, 5) is 33.1. The van der Waals surface area contributed by atoms with Crippen LogP contribution in [0.1, 0.15) is 50.3 Å². The number of hydrogen-bond acceptors (Lipinski definition) is 3. The number of amides is 3. The van der Waals surface area contributed by atoms with E-state index < -0.39 is 0 Å². The Morgan fingerprint density at radius 3 is 2.77 bits per heavy atom. The molecule has 142 valence electrons. The van der Waals surface area contributed by atoms with E-state index in [-0.39, 0.29) is 24.5 Å². The van der Waals surface area contributed by atoms with Crippen LogP contribution < -0.4 is 5.32 Å². The third-order valence-corrected chi connectivity index (χ3v) is 5.55. The number of pyridine rings is 1. The summed E-state index contributed by atoms with van der Waals surface area (Å²) in [5.74, 6) is 0.0894. The molecule has 3 amide bonds. The molecule has 6 nitrogen and oxygen atoms in total. The lowest BCUT2D eigenvalue weighted by molar-refractivity contribution is -0.138. The molecular weight excluding hydrogens is 328 g/mol. The van der Waals surface area contributed by atoms with Crippen LogP contribution in [0.15, 0.2) is 18.3 Å². The lowest BCUT2D eigenvalue weighted by atomic mass is 9.93. The zero-order valence-electron chi connectivity index (χ0n) is 15.9. The molecule has 2 heterocycles. The summed E-state index contributed by atoms with van der Waals surface area (Å²) in [6.07, 6.45) is 8.39. The summed E-state index contributed by atoms with van der Waals surface area (Å²) in [5.41, 5.74) is 2.13. The largest absolute Gasteiger partial charge is 0.336 e. The summed E-state index contributed by atoms with van der Waals surface area (Å²) in [6.45, 7) is 5.47. The number of hydrogen-bond donors (Lipinski definition) is 1. The van der Waals surface area contributed by atoms with Crippen molar-refractivity contribution in [2.75, 3.05) is 19.6 Å². The van der Waals surface area contributed by atoms with E-state index in [1.807, 2.05) is 30.9 Å². The Labute approximate surface area is 156 Å². The Hall–Kier alpha value is -2.11. The highest BCUT2D eigenvalue weighted by Gasteiger charge is 2.32. The van der Waals surface area contributed by atoms with Crippen LogP contribution in [-0.4, -0.2) is 58.4 Å². The number of urea groups is 1. The number of piperazine rings is 1. The molecule has 6 heteroatoms. The maximum absolute atomic E-state index is 12.5. The summed E-state index contributed by atoms with van der Waals surface area (Å²) in [7, 11) is 0. The van der Waals surface area contributed by atoms with E-state index in [9.17, 15) is 9.59 Å². The minimum Gasteiger partial charge on any atom is -0.336 e. The second-order valence-electron chi connectivity index (χ2n) is 7.62. The average molecular weight is 358 g/mol. The Kier molecular flexibility index (Phi) is 6.12. The standard InChI is InChI=1S/C20H30N4O2/c1-15-7-6-10-21-18(15)13-16(2)22-20(26)23-11-12-24(19(25)14-23)17-8-4-3-5-9-17/h6-7,10,16-17H,3-5,8-9,11-14H2,1-2H3,(H,22,26)/t16-/m1/s1. The summed E-state index contributed by atoms with van der Waals surface area (Å²) < 4.78 is 0. The molecule has 3 rings (SSSR count). The van der Waals surface area contributed by atoms with Gasteiger partial charge in [0.25, 0.3) is 0 Å². The van der Waals surface area contributed by atoms with Crippen molar-refractivity contribution >= 4 is 11.9 Å². The van der Waals surface area contributed by atoms with E-state index >= 15 is 0 Å². The van der Waals surface area contributed by atoms with Gasteiger partial charge in [-0.15, -0.1) is 0 Å². The van der Waals surface area contributed by atoms with E-state index in [0.717, 1.165) is 24.1 Å². The van der Waals surface area contributed by atoms with Gasteiger partial charge in [0.05, 0.1) is 0 Å². The first kappa shape index (κ1) is 18.7. The fourth-order valence-electron chi connectivity index (χ4n) is 4.01. The second kappa shape index (κ2) is 8.52. The summed E-state index contributed by atoms with van der Waals surface area (Å²) in [5, 5.41) is 3.02. The quantitative estimate of drug-likeness (QED) is 0.899. The molecule has 1 N–H and O–H groups in total. The lowest BCUT2D eigenvalue weighted by Gasteiger charge is -2.40. The van der Waals surface area contributed by atoms with Crippen molar-refractivity contribution in [3.63, 3.8) is 0 Å². The van der Waals surface area contributed by atoms with Gasteiger partial charge in [-0.25, -0.2) is 4.79 Å². The second-order valence-corrected chi connectivity index (χ2v) is 7.62. The van der Waals surface area contributed by atoms with Crippen molar-refractivity contribution in [2.45, 2.75) is 64.5 Å². The highest BCUT2D eigenvalue weighted by atomic mass is 16.2. The van der Waals surface area contributed by atoms with Crippen molar-refractivity contribution in [1.82, 2.24) is 20.1 Å². The average Bonchev–Trinajstić information content (AvgIpc) is 2.64. The smallest absolute Gasteiger partial charge is 0.318 e. The van der Waals surface area contributed by atoms with Crippen LogP contribution in [0.4, 0.5) is 4.79 Å². The third kappa shape index (κ3) is 4.54. The predicted molar refractivity (Wildman–Crippen MR) is 101 cm³/mol. The molecule has 0 aromatic carbocycles. The zero-order chi connectivity index (χ0) is 18.5. The number of nitrogens with zero attached hydrogens (tertiary/aromatic N) is 3. The Morgan fingerprint density at radius 1 is 1.31 bits per heavy atom. The summed E-state index contributed by atoms with van der Waals surface area (Å²) >= 11 is 0. The van der Waals surface area contributed by atoms with Gasteiger partial charge in [-0.2, -0.15) is 0 Å². The van der Waals surface area contributed by atoms with Gasteiger partial charge < -0.3 is 15.1 Å². The Bertz CT molecular complexity index is 642. The molecule has 0 radical (unpaired) electrons. The fourth-order valence-corrected chi connectivity index (χ4v) is 4.01. The van der Waals surface area contributed by atoms with Gasteiger partial charge in [-0.3, -0.25) is 9.78 Å². The van der Waals surface area contributed by atoms with Crippen molar-refractivity contribution in [2.24, 2.45) is 0 Å². The number of rotatable bonds is 4. The maximum Gasteiger partial charge on any atom is 0.318 e. The zero-order valence-corrected chi connectivity index (χ0v) is 15.9. The fraction of sp³-hybridized carbons (Fsp3) is 0.650. The number of aryl methyl sites for hydroxylation is 1. The van der Waals surface area contributed by atoms with Crippen molar-refractivity contribution in [3.8, 4) is 0 Å². The van der Waals surface area contributed by atoms with Crippen LogP contribution in [0.5, 0.6) is 0 Å². The van der Waals surface area contributed by atoms with Crippen molar-refractivity contribution in [3.05, 3.63) is 29.6 Å². The van der Waals surface area contributed by atoms with Crippen LogP contribution in [0.2, 0.25) is 0 Å². The van der Waals surface area contributed by atoms with Crippen LogP contribution >= 0.6 is 0 Å². The lowest BCUT2D eigenvalue weighted by Crippen LogP contribution is -2.58. The van der Waals surface area contributed by atoms with E-state index in [2.05, 4.69) is 10.3 Å². The monoisotopic (exact) mass is 358 g/mol. The summed E-state index contributed by atoms with van der Waals surface area (Å²) in [6, 6.07) is 4.15. The number of nitrogens with one attached hydrogen (secondary N) is 1. The van der Waals surface area contributed by atoms with Crippen molar-refractivity contribution in [1.29, 1.82) is 0 Å². The molecule has 1 saturated carbocycles. The van der Waals surface area contributed by atoms with E-state index in [1.165, 1.54) is 19.3 Å².